The first-order valence-electron chi connectivity index (χ1n) is 9.27. The maximum absolute atomic E-state index is 12.7. The topological polar surface area (TPSA) is 59.8 Å². The predicted molar refractivity (Wildman–Crippen MR) is 100 cm³/mol. The molecule has 140 valence electrons. The monoisotopic (exact) mass is 357 g/mol. The van der Waals surface area contributed by atoms with E-state index in [1.54, 1.807) is 6.26 Å². The first-order chi connectivity index (χ1) is 12.4. The number of nitrogens with zero attached hydrogens (tertiary/aromatic N) is 1. The van der Waals surface area contributed by atoms with E-state index < -0.39 is 0 Å². The van der Waals surface area contributed by atoms with Gasteiger partial charge < -0.3 is 14.1 Å². The van der Waals surface area contributed by atoms with E-state index in [-0.39, 0.29) is 17.8 Å². The van der Waals surface area contributed by atoms with Gasteiger partial charge in [-0.3, -0.25) is 9.59 Å². The van der Waals surface area contributed by atoms with Crippen molar-refractivity contribution in [3.05, 3.63) is 35.1 Å². The van der Waals surface area contributed by atoms with Crippen LogP contribution >= 0.6 is 0 Å². The van der Waals surface area contributed by atoms with Crippen LogP contribution in [-0.4, -0.2) is 37.0 Å². The lowest BCUT2D eigenvalue weighted by atomic mass is 9.94. The number of fused-ring (bicyclic) bond motifs is 1. The molecule has 5 heteroatoms. The lowest BCUT2D eigenvalue weighted by molar-refractivity contribution is -0.148. The molecule has 1 aliphatic rings. The standard InChI is InChI=1S/C21H27NO4/c1-13(2)17-11-18-16(12-26-19(18)9-14(17)3)10-20(23)22-7-5-15(6-8-22)21(24)25-4/h9,11-13,15H,5-8,10H2,1-4H3. The number of hydrogen-bond acceptors (Lipinski definition) is 4. The van der Waals surface area contributed by atoms with E-state index in [1.165, 1.54) is 18.2 Å². The van der Waals surface area contributed by atoms with Gasteiger partial charge in [0.05, 0.1) is 25.7 Å². The molecule has 0 N–H and O–H groups in total. The SMILES string of the molecule is COC(=O)C1CCN(C(=O)Cc2coc3cc(C)c(C(C)C)cc23)CC1. The van der Waals surface area contributed by atoms with Crippen LogP contribution in [0, 0.1) is 12.8 Å². The number of hydrogen-bond donors (Lipinski definition) is 0. The molecule has 0 unspecified atom stereocenters. The molecule has 0 bridgehead atoms. The largest absolute Gasteiger partial charge is 0.469 e. The van der Waals surface area contributed by atoms with Crippen LogP contribution in [0.3, 0.4) is 0 Å². The summed E-state index contributed by atoms with van der Waals surface area (Å²) in [7, 11) is 1.41. The van der Waals surface area contributed by atoms with Crippen molar-refractivity contribution in [1.82, 2.24) is 4.90 Å². The zero-order valence-electron chi connectivity index (χ0n) is 16.0. The minimum absolute atomic E-state index is 0.0858. The van der Waals surface area contributed by atoms with Crippen molar-refractivity contribution in [2.45, 2.75) is 46.0 Å². The number of furan rings is 1. The van der Waals surface area contributed by atoms with Crippen molar-refractivity contribution in [3.8, 4) is 0 Å². The number of amides is 1. The van der Waals surface area contributed by atoms with Gasteiger partial charge >= 0.3 is 5.97 Å². The van der Waals surface area contributed by atoms with Crippen LogP contribution in [-0.2, 0) is 20.7 Å². The van der Waals surface area contributed by atoms with Crippen molar-refractivity contribution in [1.29, 1.82) is 0 Å². The number of likely N-dealkylation sites (tertiary alicyclic amines) is 1. The number of methoxy groups -OCH3 is 1. The van der Waals surface area contributed by atoms with Gasteiger partial charge in [0.1, 0.15) is 5.58 Å². The van der Waals surface area contributed by atoms with Crippen LogP contribution in [0.15, 0.2) is 22.8 Å². The zero-order chi connectivity index (χ0) is 18.8. The van der Waals surface area contributed by atoms with Crippen LogP contribution in [0.2, 0.25) is 0 Å². The fourth-order valence-electron chi connectivity index (χ4n) is 3.81. The molecule has 2 heterocycles. The van der Waals surface area contributed by atoms with Gasteiger partial charge in [0, 0.05) is 24.0 Å². The van der Waals surface area contributed by atoms with E-state index >= 15 is 0 Å². The van der Waals surface area contributed by atoms with Crippen LogP contribution in [0.25, 0.3) is 11.0 Å². The van der Waals surface area contributed by atoms with E-state index in [0.717, 1.165) is 16.5 Å². The van der Waals surface area contributed by atoms with Crippen molar-refractivity contribution in [3.63, 3.8) is 0 Å². The van der Waals surface area contributed by atoms with E-state index in [2.05, 4.69) is 32.9 Å². The van der Waals surface area contributed by atoms with Crippen molar-refractivity contribution in [2.24, 2.45) is 5.92 Å². The summed E-state index contributed by atoms with van der Waals surface area (Å²) >= 11 is 0. The molecule has 1 amide bonds. The van der Waals surface area contributed by atoms with Gasteiger partial charge in [-0.15, -0.1) is 0 Å². The molecule has 0 aliphatic carbocycles. The molecule has 3 rings (SSSR count). The molecule has 26 heavy (non-hydrogen) atoms. The molecule has 0 spiro atoms. The lowest BCUT2D eigenvalue weighted by Crippen LogP contribution is -2.41. The minimum atomic E-state index is -0.172. The summed E-state index contributed by atoms with van der Waals surface area (Å²) < 4.78 is 10.5. The third kappa shape index (κ3) is 3.62. The lowest BCUT2D eigenvalue weighted by Gasteiger charge is -2.30. The first-order valence-corrected chi connectivity index (χ1v) is 9.27. The summed E-state index contributed by atoms with van der Waals surface area (Å²) in [6.07, 6.45) is 3.37. The number of esters is 1. The fraction of sp³-hybridized carbons (Fsp3) is 0.524. The van der Waals surface area contributed by atoms with Crippen LogP contribution < -0.4 is 0 Å². The van der Waals surface area contributed by atoms with Crippen molar-refractivity contribution < 1.29 is 18.7 Å². The molecule has 1 aromatic heterocycles. The number of ether oxygens (including phenoxy) is 1. The second-order valence-electron chi connectivity index (χ2n) is 7.48. The maximum atomic E-state index is 12.7. The molecule has 1 saturated heterocycles. The summed E-state index contributed by atoms with van der Waals surface area (Å²) in [4.78, 5) is 26.2. The predicted octanol–water partition coefficient (Wildman–Crippen LogP) is 3.82. The van der Waals surface area contributed by atoms with Crippen LogP contribution in [0.1, 0.15) is 49.3 Å². The van der Waals surface area contributed by atoms with Gasteiger partial charge in [-0.1, -0.05) is 13.8 Å². The second-order valence-corrected chi connectivity index (χ2v) is 7.48. The Morgan fingerprint density at radius 1 is 1.27 bits per heavy atom. The summed E-state index contributed by atoms with van der Waals surface area (Å²) in [6, 6.07) is 4.21. The highest BCUT2D eigenvalue weighted by atomic mass is 16.5. The molecule has 0 radical (unpaired) electrons. The Hall–Kier alpha value is -2.30. The highest BCUT2D eigenvalue weighted by Crippen LogP contribution is 2.29. The zero-order valence-corrected chi connectivity index (χ0v) is 16.0. The molecular formula is C21H27NO4. The Bertz CT molecular complexity index is 813. The fourth-order valence-corrected chi connectivity index (χ4v) is 3.81. The molecule has 1 aliphatic heterocycles. The van der Waals surface area contributed by atoms with Gasteiger partial charge in [0.2, 0.25) is 5.91 Å². The quantitative estimate of drug-likeness (QED) is 0.781. The van der Waals surface area contributed by atoms with Crippen molar-refractivity contribution in [2.75, 3.05) is 20.2 Å². The summed E-state index contributed by atoms with van der Waals surface area (Å²) in [5, 5.41) is 1.03. The number of carbonyl (C=O) groups is 2. The van der Waals surface area contributed by atoms with Crippen LogP contribution in [0.4, 0.5) is 0 Å². The average Bonchev–Trinajstić information content (AvgIpc) is 3.01. The number of benzene rings is 1. The van der Waals surface area contributed by atoms with Gasteiger partial charge in [0.25, 0.3) is 0 Å². The Labute approximate surface area is 154 Å². The number of aryl methyl sites for hydroxylation is 1. The maximum Gasteiger partial charge on any atom is 0.308 e. The Balaban J connectivity index is 1.72. The van der Waals surface area contributed by atoms with E-state index in [9.17, 15) is 9.59 Å². The molecule has 5 nitrogen and oxygen atoms in total. The smallest absolute Gasteiger partial charge is 0.308 e. The van der Waals surface area contributed by atoms with E-state index in [0.29, 0.717) is 38.3 Å². The van der Waals surface area contributed by atoms with E-state index in [4.69, 9.17) is 9.15 Å². The van der Waals surface area contributed by atoms with Gasteiger partial charge in [-0.05, 0) is 48.9 Å². The number of carbonyl (C=O) groups excluding carboxylic acids is 2. The molecular weight excluding hydrogens is 330 g/mol. The minimum Gasteiger partial charge on any atom is -0.469 e. The van der Waals surface area contributed by atoms with Crippen molar-refractivity contribution >= 4 is 22.8 Å². The summed E-state index contributed by atoms with van der Waals surface area (Å²) in [5.41, 5.74) is 4.26. The van der Waals surface area contributed by atoms with Gasteiger partial charge in [-0.2, -0.15) is 0 Å². The molecule has 0 atom stereocenters. The van der Waals surface area contributed by atoms with Gasteiger partial charge in [0.15, 0.2) is 0 Å². The van der Waals surface area contributed by atoms with Gasteiger partial charge in [-0.25, -0.2) is 0 Å². The highest BCUT2D eigenvalue weighted by Gasteiger charge is 2.28. The molecule has 0 saturated carbocycles. The number of rotatable bonds is 4. The van der Waals surface area contributed by atoms with E-state index in [1.807, 2.05) is 4.90 Å². The molecule has 2 aromatic rings. The summed E-state index contributed by atoms with van der Waals surface area (Å²) in [5.74, 6) is 0.253. The Kier molecular flexibility index (Phi) is 5.35. The summed E-state index contributed by atoms with van der Waals surface area (Å²) in [6.45, 7) is 7.64. The first kappa shape index (κ1) is 18.5. The highest BCUT2D eigenvalue weighted by molar-refractivity contribution is 5.88. The Morgan fingerprint density at radius 2 is 1.96 bits per heavy atom. The molecule has 1 fully saturated rings. The average molecular weight is 357 g/mol. The normalized spacial score (nSPS) is 15.7. The number of piperidine rings is 1. The second kappa shape index (κ2) is 7.52. The third-order valence-corrected chi connectivity index (χ3v) is 5.39. The Morgan fingerprint density at radius 3 is 2.58 bits per heavy atom. The third-order valence-electron chi connectivity index (χ3n) is 5.39. The molecule has 1 aromatic carbocycles. The van der Waals surface area contributed by atoms with Crippen LogP contribution in [0.5, 0.6) is 0 Å².